The molecule has 0 aliphatic heterocycles. The molecular formula is C10H8N4O4. The van der Waals surface area contributed by atoms with Crippen LogP contribution in [-0.4, -0.2) is 23.3 Å². The van der Waals surface area contributed by atoms with Gasteiger partial charge in [0.2, 0.25) is 0 Å². The van der Waals surface area contributed by atoms with Crippen molar-refractivity contribution in [3.8, 4) is 6.07 Å². The van der Waals surface area contributed by atoms with Gasteiger partial charge >= 0.3 is 11.8 Å². The number of hydrogen-bond donors (Lipinski definition) is 2. The summed E-state index contributed by atoms with van der Waals surface area (Å²) in [5.74, 6) is -1.98. The van der Waals surface area contributed by atoms with Gasteiger partial charge in [-0.1, -0.05) is 6.07 Å². The molecule has 0 aliphatic rings. The van der Waals surface area contributed by atoms with Crippen LogP contribution in [0.2, 0.25) is 0 Å². The number of rotatable bonds is 3. The lowest BCUT2D eigenvalue weighted by molar-refractivity contribution is -0.384. The molecule has 0 heterocycles. The van der Waals surface area contributed by atoms with Crippen LogP contribution in [0.4, 0.5) is 11.4 Å². The molecule has 8 heteroatoms. The van der Waals surface area contributed by atoms with Gasteiger partial charge in [-0.25, -0.2) is 0 Å². The molecule has 0 saturated carbocycles. The summed E-state index contributed by atoms with van der Waals surface area (Å²) in [5, 5.41) is 22.9. The normalized spacial score (nSPS) is 9.06. The van der Waals surface area contributed by atoms with E-state index in [1.54, 1.807) is 6.07 Å². The van der Waals surface area contributed by atoms with Crippen LogP contribution in [0, 0.1) is 21.4 Å². The maximum Gasteiger partial charge on any atom is 0.313 e. The summed E-state index contributed by atoms with van der Waals surface area (Å²) in [6.07, 6.45) is 0. The number of carbonyl (C=O) groups is 2. The predicted octanol–water partition coefficient (Wildman–Crippen LogP) is 0.173. The quantitative estimate of drug-likeness (QED) is 0.341. The maximum atomic E-state index is 11.3. The number of nitriles is 1. The van der Waals surface area contributed by atoms with E-state index in [0.717, 1.165) is 6.07 Å². The molecule has 1 rings (SSSR count). The van der Waals surface area contributed by atoms with Crippen molar-refractivity contribution in [3.63, 3.8) is 0 Å². The highest BCUT2D eigenvalue weighted by Crippen LogP contribution is 2.16. The van der Waals surface area contributed by atoms with Crippen molar-refractivity contribution >= 4 is 23.2 Å². The van der Waals surface area contributed by atoms with Gasteiger partial charge in [0.1, 0.15) is 6.54 Å². The summed E-state index contributed by atoms with van der Waals surface area (Å²) in [4.78, 5) is 32.3. The second-order valence-electron chi connectivity index (χ2n) is 3.10. The Bertz CT molecular complexity index is 535. The standard InChI is InChI=1S/C10H8N4O4/c11-4-5-12-9(15)10(16)13-7-2-1-3-8(6-7)14(17)18/h1-3,6H,5H2,(H,12,15)(H,13,16). The first kappa shape index (κ1) is 13.1. The average molecular weight is 248 g/mol. The van der Waals surface area contributed by atoms with Gasteiger partial charge in [0.15, 0.2) is 0 Å². The number of amides is 2. The van der Waals surface area contributed by atoms with Gasteiger partial charge < -0.3 is 10.6 Å². The van der Waals surface area contributed by atoms with Crippen molar-refractivity contribution in [2.24, 2.45) is 0 Å². The molecule has 0 bridgehead atoms. The third kappa shape index (κ3) is 3.57. The Kier molecular flexibility index (Phi) is 4.34. The summed E-state index contributed by atoms with van der Waals surface area (Å²) in [6.45, 7) is -0.290. The van der Waals surface area contributed by atoms with Crippen LogP contribution in [0.5, 0.6) is 0 Å². The number of carbonyl (C=O) groups excluding carboxylic acids is 2. The summed E-state index contributed by atoms with van der Waals surface area (Å²) in [5.41, 5.74) is -0.0773. The number of non-ortho nitro benzene ring substituents is 1. The molecule has 0 fully saturated rings. The molecule has 8 nitrogen and oxygen atoms in total. The average Bonchev–Trinajstić information content (AvgIpc) is 2.36. The third-order valence-electron chi connectivity index (χ3n) is 1.85. The van der Waals surface area contributed by atoms with E-state index in [1.807, 2.05) is 5.32 Å². The van der Waals surface area contributed by atoms with Crippen molar-refractivity contribution in [1.82, 2.24) is 5.32 Å². The summed E-state index contributed by atoms with van der Waals surface area (Å²) >= 11 is 0. The highest BCUT2D eigenvalue weighted by Gasteiger charge is 2.14. The van der Waals surface area contributed by atoms with Crippen LogP contribution in [0.25, 0.3) is 0 Å². The fraction of sp³-hybridized carbons (Fsp3) is 0.100. The molecule has 1 aromatic rings. The largest absolute Gasteiger partial charge is 0.335 e. The van der Waals surface area contributed by atoms with E-state index in [-0.39, 0.29) is 17.9 Å². The fourth-order valence-corrected chi connectivity index (χ4v) is 1.09. The minimum Gasteiger partial charge on any atom is -0.335 e. The Morgan fingerprint density at radius 3 is 2.72 bits per heavy atom. The monoisotopic (exact) mass is 248 g/mol. The molecular weight excluding hydrogens is 240 g/mol. The Labute approximate surface area is 101 Å². The molecule has 18 heavy (non-hydrogen) atoms. The minimum absolute atomic E-state index is 0.126. The second kappa shape index (κ2) is 5.95. The van der Waals surface area contributed by atoms with Crippen LogP contribution < -0.4 is 10.6 Å². The van der Waals surface area contributed by atoms with E-state index in [2.05, 4.69) is 5.32 Å². The molecule has 2 amide bonds. The van der Waals surface area contributed by atoms with Crippen LogP contribution in [0.3, 0.4) is 0 Å². The van der Waals surface area contributed by atoms with Gasteiger partial charge in [-0.3, -0.25) is 19.7 Å². The smallest absolute Gasteiger partial charge is 0.313 e. The van der Waals surface area contributed by atoms with Crippen molar-refractivity contribution in [3.05, 3.63) is 34.4 Å². The zero-order valence-corrected chi connectivity index (χ0v) is 9.04. The first-order valence-corrected chi connectivity index (χ1v) is 4.75. The van der Waals surface area contributed by atoms with Gasteiger partial charge in [-0.15, -0.1) is 0 Å². The van der Waals surface area contributed by atoms with Crippen LogP contribution in [-0.2, 0) is 9.59 Å². The van der Waals surface area contributed by atoms with Gasteiger partial charge in [-0.05, 0) is 6.07 Å². The van der Waals surface area contributed by atoms with Gasteiger partial charge in [0, 0.05) is 17.8 Å². The Morgan fingerprint density at radius 2 is 2.11 bits per heavy atom. The van der Waals surface area contributed by atoms with Gasteiger partial charge in [0.25, 0.3) is 5.69 Å². The Balaban J connectivity index is 2.70. The topological polar surface area (TPSA) is 125 Å². The Hall–Kier alpha value is -2.95. The van der Waals surface area contributed by atoms with E-state index in [0.29, 0.717) is 0 Å². The van der Waals surface area contributed by atoms with E-state index in [4.69, 9.17) is 5.26 Å². The maximum absolute atomic E-state index is 11.3. The molecule has 0 unspecified atom stereocenters. The zero-order chi connectivity index (χ0) is 13.5. The van der Waals surface area contributed by atoms with Crippen molar-refractivity contribution in [1.29, 1.82) is 5.26 Å². The molecule has 0 aliphatic carbocycles. The molecule has 1 aromatic carbocycles. The first-order chi connectivity index (χ1) is 8.54. The van der Waals surface area contributed by atoms with Crippen molar-refractivity contribution < 1.29 is 14.5 Å². The second-order valence-corrected chi connectivity index (χ2v) is 3.10. The van der Waals surface area contributed by atoms with Crippen molar-refractivity contribution in [2.45, 2.75) is 0 Å². The summed E-state index contributed by atoms with van der Waals surface area (Å²) in [6, 6.07) is 6.80. The SMILES string of the molecule is N#CCNC(=O)C(=O)Nc1cccc([N+](=O)[O-])c1. The number of nitro benzene ring substituents is 1. The first-order valence-electron chi connectivity index (χ1n) is 4.75. The number of anilines is 1. The van der Waals surface area contributed by atoms with E-state index < -0.39 is 16.7 Å². The van der Waals surface area contributed by atoms with Gasteiger partial charge in [-0.2, -0.15) is 5.26 Å². The van der Waals surface area contributed by atoms with E-state index >= 15 is 0 Å². The third-order valence-corrected chi connectivity index (χ3v) is 1.85. The molecule has 2 N–H and O–H groups in total. The van der Waals surface area contributed by atoms with E-state index in [1.165, 1.54) is 18.2 Å². The van der Waals surface area contributed by atoms with Crippen LogP contribution >= 0.6 is 0 Å². The molecule has 0 radical (unpaired) electrons. The molecule has 92 valence electrons. The number of nitrogens with zero attached hydrogens (tertiary/aromatic N) is 2. The molecule has 0 atom stereocenters. The van der Waals surface area contributed by atoms with Gasteiger partial charge in [0.05, 0.1) is 11.0 Å². The number of hydrogen-bond acceptors (Lipinski definition) is 5. The zero-order valence-electron chi connectivity index (χ0n) is 9.04. The van der Waals surface area contributed by atoms with E-state index in [9.17, 15) is 19.7 Å². The fourth-order valence-electron chi connectivity index (χ4n) is 1.09. The number of benzene rings is 1. The van der Waals surface area contributed by atoms with Crippen molar-refractivity contribution in [2.75, 3.05) is 11.9 Å². The lowest BCUT2D eigenvalue weighted by atomic mass is 10.3. The van der Waals surface area contributed by atoms with Crippen LogP contribution in [0.15, 0.2) is 24.3 Å². The highest BCUT2D eigenvalue weighted by molar-refractivity contribution is 6.39. The molecule has 0 aromatic heterocycles. The summed E-state index contributed by atoms with van der Waals surface area (Å²) < 4.78 is 0. The molecule has 0 saturated heterocycles. The lowest BCUT2D eigenvalue weighted by Crippen LogP contribution is -2.35. The lowest BCUT2D eigenvalue weighted by Gasteiger charge is -2.03. The highest BCUT2D eigenvalue weighted by atomic mass is 16.6. The summed E-state index contributed by atoms with van der Waals surface area (Å²) in [7, 11) is 0. The minimum atomic E-state index is -0.995. The number of nitro groups is 1. The predicted molar refractivity (Wildman–Crippen MR) is 60.3 cm³/mol. The molecule has 0 spiro atoms. The number of nitrogens with one attached hydrogen (secondary N) is 2. The van der Waals surface area contributed by atoms with Crippen LogP contribution in [0.1, 0.15) is 0 Å². The Morgan fingerprint density at radius 1 is 1.39 bits per heavy atom.